The Balaban J connectivity index is 0.000000400. The average Bonchev–Trinajstić information content (AvgIpc) is 3.23. The largest absolute Gasteiger partial charge is 2.00 e. The molecule has 0 amide bonds. The number of hydrogen-bond donors (Lipinski definition) is 0. The maximum atomic E-state index is 14.6. The van der Waals surface area contributed by atoms with E-state index in [0.29, 0.717) is 0 Å². The smallest absolute Gasteiger partial charge is 1.00 e. The number of hydrogen-bond acceptors (Lipinski definition) is 8. The molecule has 0 bridgehead atoms. The van der Waals surface area contributed by atoms with Gasteiger partial charge in [0.15, 0.2) is 14.3 Å². The molecule has 0 saturated carbocycles. The van der Waals surface area contributed by atoms with E-state index in [1.807, 2.05) is 260 Å². The van der Waals surface area contributed by atoms with Crippen LogP contribution in [0.5, 0.6) is 0 Å². The Bertz CT molecular complexity index is 1910. The number of halogens is 2. The van der Waals surface area contributed by atoms with E-state index in [0.717, 1.165) is 66.0 Å². The third kappa shape index (κ3) is 12.4. The second kappa shape index (κ2) is 23.4. The van der Waals surface area contributed by atoms with Crippen LogP contribution in [0.1, 0.15) is 0 Å². The van der Waals surface area contributed by atoms with Gasteiger partial charge in [-0.25, -0.2) is 0 Å². The van der Waals surface area contributed by atoms with E-state index in [1.54, 1.807) is 0 Å². The molecule has 0 aliphatic heterocycles. The van der Waals surface area contributed by atoms with Crippen molar-refractivity contribution in [1.82, 2.24) is 0 Å². The zero-order valence-electron chi connectivity index (χ0n) is 37.7. The van der Waals surface area contributed by atoms with Gasteiger partial charge in [-0.3, -0.25) is 0 Å². The third-order valence-electron chi connectivity index (χ3n) is 10.4. The van der Waals surface area contributed by atoms with E-state index >= 15 is 0 Å². The number of nitrogens with zero attached hydrogens (tertiary/aromatic N) is 6. The van der Waals surface area contributed by atoms with Gasteiger partial charge >= 0.3 is 19.5 Å². The summed E-state index contributed by atoms with van der Waals surface area (Å²) in [6.45, 7) is 0. The summed E-state index contributed by atoms with van der Waals surface area (Å²) in [6.07, 6.45) is 0. The molecule has 0 saturated heterocycles. The van der Waals surface area contributed by atoms with Gasteiger partial charge in [-0.15, -0.1) is 0 Å². The Morgan fingerprint density at radius 1 is 0.246 bits per heavy atom. The standard InChI is InChI=1S/2C24H30N3OP.2HI.Zn/c2*1-25(2)19-7-13-22(14-8-19)29(28,23-15-9-20(10-16-23)26(3)4)24-17-11-21(12-18-24)27(5)6;;;/h2*7-18H,1-6H3;2*1H;/q;;;;+2/p-2. The summed E-state index contributed by atoms with van der Waals surface area (Å²) in [5.41, 5.74) is 6.53. The molecule has 0 aliphatic rings. The molecular weight excluding hydrogens is 1070 g/mol. The molecule has 0 fully saturated rings. The fraction of sp³-hybridized carbons (Fsp3) is 0.250. The van der Waals surface area contributed by atoms with Crippen molar-refractivity contribution in [1.29, 1.82) is 0 Å². The van der Waals surface area contributed by atoms with Gasteiger partial charge in [-0.1, -0.05) is 0 Å². The van der Waals surface area contributed by atoms with E-state index < -0.39 is 14.3 Å². The molecule has 0 aliphatic carbocycles. The molecule has 6 rings (SSSR count). The van der Waals surface area contributed by atoms with Crippen molar-refractivity contribution >= 4 is 80.2 Å². The van der Waals surface area contributed by atoms with Crippen LogP contribution in [0.25, 0.3) is 0 Å². The van der Waals surface area contributed by atoms with Crippen LogP contribution in [0.3, 0.4) is 0 Å². The van der Waals surface area contributed by atoms with Crippen LogP contribution in [0.2, 0.25) is 0 Å². The molecule has 0 unspecified atom stereocenters. The Kier molecular flexibility index (Phi) is 20.6. The summed E-state index contributed by atoms with van der Waals surface area (Å²) in [5, 5.41) is 5.07. The van der Waals surface area contributed by atoms with E-state index in [2.05, 4.69) is 0 Å². The molecule has 320 valence electrons. The molecule has 0 atom stereocenters. The van der Waals surface area contributed by atoms with Gasteiger partial charge in [0.2, 0.25) is 0 Å². The maximum Gasteiger partial charge on any atom is 2.00 e. The minimum absolute atomic E-state index is 0. The van der Waals surface area contributed by atoms with Crippen molar-refractivity contribution < 1.29 is 76.6 Å². The molecule has 0 heterocycles. The first kappa shape index (κ1) is 53.8. The van der Waals surface area contributed by atoms with Crippen molar-refractivity contribution in [3.8, 4) is 0 Å². The monoisotopic (exact) mass is 1130 g/mol. The predicted molar refractivity (Wildman–Crippen MR) is 258 cm³/mol. The van der Waals surface area contributed by atoms with Crippen LogP contribution in [-0.4, -0.2) is 84.6 Å². The van der Waals surface area contributed by atoms with Gasteiger partial charge in [0.05, 0.1) is 0 Å². The molecule has 0 aromatic heterocycles. The van der Waals surface area contributed by atoms with Gasteiger partial charge in [-0.05, 0) is 146 Å². The van der Waals surface area contributed by atoms with Crippen LogP contribution in [0, 0.1) is 0 Å². The SMILES string of the molecule is CN(C)c1ccc(P(=O)(c2ccc(N(C)C)cc2)c2ccc(N(C)C)cc2)cc1.CN(C)c1ccc(P(=O)(c2ccc(N(C)C)cc2)c2ccc(N(C)C)cc2)cc1.[I-].[I-].[Zn+2]. The third-order valence-corrected chi connectivity index (χ3v) is 16.5. The van der Waals surface area contributed by atoms with E-state index in [4.69, 9.17) is 0 Å². The van der Waals surface area contributed by atoms with E-state index in [9.17, 15) is 9.13 Å². The summed E-state index contributed by atoms with van der Waals surface area (Å²) in [5.74, 6) is 0. The average molecular weight is 1130 g/mol. The molecular formula is C48H60I2N6O2P2Zn. The second-order valence-electron chi connectivity index (χ2n) is 15.7. The van der Waals surface area contributed by atoms with Crippen LogP contribution >= 0.6 is 14.3 Å². The minimum atomic E-state index is -2.98. The Labute approximate surface area is 412 Å². The van der Waals surface area contributed by atoms with Crippen molar-refractivity contribution in [3.05, 3.63) is 146 Å². The van der Waals surface area contributed by atoms with E-state index in [-0.39, 0.29) is 67.4 Å². The number of benzene rings is 6. The first-order valence-corrected chi connectivity index (χ1v) is 22.8. The minimum Gasteiger partial charge on any atom is -1.00 e. The van der Waals surface area contributed by atoms with Gasteiger partial charge in [-0.2, -0.15) is 0 Å². The molecule has 0 radical (unpaired) electrons. The predicted octanol–water partition coefficient (Wildman–Crippen LogP) is 1.05. The Morgan fingerprint density at radius 3 is 0.426 bits per heavy atom. The van der Waals surface area contributed by atoms with Gasteiger partial charge in [0, 0.05) is 151 Å². The Morgan fingerprint density at radius 2 is 0.344 bits per heavy atom. The molecule has 8 nitrogen and oxygen atoms in total. The summed E-state index contributed by atoms with van der Waals surface area (Å²) < 4.78 is 29.2. The molecule has 13 heteroatoms. The fourth-order valence-corrected chi connectivity index (χ4v) is 11.9. The van der Waals surface area contributed by atoms with E-state index in [1.165, 1.54) is 0 Å². The van der Waals surface area contributed by atoms with Crippen LogP contribution in [-0.2, 0) is 28.6 Å². The molecule has 6 aromatic rings. The normalized spacial score (nSPS) is 10.7. The fourth-order valence-electron chi connectivity index (χ4n) is 6.66. The summed E-state index contributed by atoms with van der Waals surface area (Å²) in [6, 6.07) is 48.3. The molecule has 61 heavy (non-hydrogen) atoms. The van der Waals surface area contributed by atoms with Crippen LogP contribution < -0.4 is 109 Å². The second-order valence-corrected chi connectivity index (χ2v) is 21.2. The summed E-state index contributed by atoms with van der Waals surface area (Å²) >= 11 is 0. The molecule has 6 aromatic carbocycles. The van der Waals surface area contributed by atoms with Gasteiger partial charge < -0.3 is 86.5 Å². The number of rotatable bonds is 12. The van der Waals surface area contributed by atoms with Crippen molar-refractivity contribution in [2.75, 3.05) is 114 Å². The maximum absolute atomic E-state index is 14.6. The number of anilines is 6. The quantitative estimate of drug-likeness (QED) is 0.103. The molecule has 0 spiro atoms. The topological polar surface area (TPSA) is 53.6 Å². The summed E-state index contributed by atoms with van der Waals surface area (Å²) in [4.78, 5) is 12.3. The summed E-state index contributed by atoms with van der Waals surface area (Å²) in [7, 11) is 18.1. The van der Waals surface area contributed by atoms with Crippen molar-refractivity contribution in [3.63, 3.8) is 0 Å². The van der Waals surface area contributed by atoms with Crippen molar-refractivity contribution in [2.45, 2.75) is 0 Å². The zero-order valence-corrected chi connectivity index (χ0v) is 46.8. The van der Waals surface area contributed by atoms with Gasteiger partial charge in [0.1, 0.15) is 0 Å². The zero-order chi connectivity index (χ0) is 42.4. The first-order chi connectivity index (χ1) is 27.5. The van der Waals surface area contributed by atoms with Crippen molar-refractivity contribution in [2.24, 2.45) is 0 Å². The van der Waals surface area contributed by atoms with Crippen LogP contribution in [0.15, 0.2) is 146 Å². The first-order valence-electron chi connectivity index (χ1n) is 19.3. The molecule has 0 N–H and O–H groups in total. The van der Waals surface area contributed by atoms with Gasteiger partial charge in [0.25, 0.3) is 0 Å². The van der Waals surface area contributed by atoms with Crippen LogP contribution in [0.4, 0.5) is 34.1 Å². The Hall–Kier alpha value is -3.34.